The molecule has 0 aliphatic heterocycles. The summed E-state index contributed by atoms with van der Waals surface area (Å²) < 4.78 is 91.4. The summed E-state index contributed by atoms with van der Waals surface area (Å²) in [4.78, 5) is 6.16. The van der Waals surface area contributed by atoms with Gasteiger partial charge in [0.1, 0.15) is 17.1 Å². The van der Waals surface area contributed by atoms with Crippen molar-refractivity contribution >= 4 is 32.0 Å². The minimum Gasteiger partial charge on any atom is -0.440 e. The molecule has 158 valence electrons. The number of pyridine rings is 1. The zero-order valence-electron chi connectivity index (χ0n) is 14.9. The lowest BCUT2D eigenvalue weighted by Gasteiger charge is -2.07. The minimum absolute atomic E-state index is 0.0877. The summed E-state index contributed by atoms with van der Waals surface area (Å²) in [5.41, 5.74) is -6.19. The molecule has 0 aromatic carbocycles. The number of hydrogen-bond donors (Lipinski definition) is 1. The van der Waals surface area contributed by atoms with Gasteiger partial charge in [0.05, 0.1) is 21.8 Å². The predicted molar refractivity (Wildman–Crippen MR) is 95.4 cm³/mol. The van der Waals surface area contributed by atoms with E-state index < -0.39 is 30.1 Å². The fraction of sp³-hybridized carbons (Fsp3) is 0.267. The van der Waals surface area contributed by atoms with Crippen LogP contribution in [0.2, 0.25) is 0 Å². The molecule has 29 heavy (non-hydrogen) atoms. The Balaban J connectivity index is 2.67. The van der Waals surface area contributed by atoms with E-state index in [9.17, 15) is 30.0 Å². The quantitative estimate of drug-likeness (QED) is 0.400. The van der Waals surface area contributed by atoms with Crippen molar-refractivity contribution in [1.82, 2.24) is 9.97 Å². The minimum atomic E-state index is -5.85. The van der Waals surface area contributed by atoms with Crippen molar-refractivity contribution in [3.8, 4) is 11.6 Å². The molecule has 2 aromatic heterocycles. The van der Waals surface area contributed by atoms with E-state index in [0.717, 1.165) is 0 Å². The van der Waals surface area contributed by atoms with Crippen LogP contribution in [0.4, 0.5) is 13.2 Å². The van der Waals surface area contributed by atoms with Crippen LogP contribution in [0.1, 0.15) is 18.4 Å². The Bertz CT molecular complexity index is 1180. The van der Waals surface area contributed by atoms with Gasteiger partial charge in [0.2, 0.25) is 5.89 Å². The fourth-order valence-electron chi connectivity index (χ4n) is 2.11. The second-order valence-corrected chi connectivity index (χ2v) is 9.64. The van der Waals surface area contributed by atoms with E-state index in [1.165, 1.54) is 32.2 Å². The number of alkyl halides is 3. The first-order valence-corrected chi connectivity index (χ1v) is 10.8. The molecular formula is C15H14F3N3O6S2. The van der Waals surface area contributed by atoms with Crippen molar-refractivity contribution in [3.63, 3.8) is 0 Å². The van der Waals surface area contributed by atoms with Crippen LogP contribution in [0.5, 0.6) is 0 Å². The molecule has 0 saturated heterocycles. The first kappa shape index (κ1) is 22.5. The van der Waals surface area contributed by atoms with E-state index in [1.807, 2.05) is 0 Å². The molecule has 2 rings (SSSR count). The van der Waals surface area contributed by atoms with Gasteiger partial charge in [0.25, 0.3) is 9.84 Å². The lowest BCUT2D eigenvalue weighted by atomic mass is 10.3. The van der Waals surface area contributed by atoms with E-state index in [0.29, 0.717) is 6.08 Å². The third-order valence-corrected chi connectivity index (χ3v) is 6.81. The Morgan fingerprint density at radius 3 is 2.52 bits per heavy atom. The van der Waals surface area contributed by atoms with E-state index in [-0.39, 0.29) is 39.9 Å². The van der Waals surface area contributed by atoms with Crippen LogP contribution in [0.3, 0.4) is 0 Å². The van der Waals surface area contributed by atoms with Crippen molar-refractivity contribution < 1.29 is 39.6 Å². The third-order valence-electron chi connectivity index (χ3n) is 3.60. The van der Waals surface area contributed by atoms with Crippen LogP contribution in [-0.2, 0) is 19.7 Å². The average molecular weight is 453 g/mol. The van der Waals surface area contributed by atoms with Gasteiger partial charge in [-0.3, -0.25) is 0 Å². The average Bonchev–Trinajstić information content (AvgIpc) is 3.01. The molecule has 0 amide bonds. The summed E-state index contributed by atoms with van der Waals surface area (Å²) >= 11 is 0. The number of rotatable bonds is 6. The molecule has 0 bridgehead atoms. The first-order valence-electron chi connectivity index (χ1n) is 7.71. The third kappa shape index (κ3) is 4.48. The van der Waals surface area contributed by atoms with Gasteiger partial charge in [-0.05, 0) is 25.1 Å². The van der Waals surface area contributed by atoms with Crippen molar-refractivity contribution in [2.75, 3.05) is 5.75 Å². The highest BCUT2D eigenvalue weighted by atomic mass is 32.2. The molecule has 0 fully saturated rings. The summed E-state index contributed by atoms with van der Waals surface area (Å²) in [6.07, 6.45) is 1.84. The van der Waals surface area contributed by atoms with Crippen molar-refractivity contribution in [2.45, 2.75) is 24.3 Å². The molecule has 1 N–H and O–H groups in total. The molecular weight excluding hydrogens is 439 g/mol. The number of oxazole rings is 1. The zero-order chi connectivity index (χ0) is 22.0. The highest BCUT2D eigenvalue weighted by Crippen LogP contribution is 2.32. The number of aromatic nitrogens is 2. The Morgan fingerprint density at radius 1 is 1.31 bits per heavy atom. The predicted octanol–water partition coefficient (Wildman–Crippen LogP) is 2.57. The normalized spacial score (nSPS) is 13.9. The maximum absolute atomic E-state index is 12.8. The Hall–Kier alpha value is -2.74. The van der Waals surface area contributed by atoms with Gasteiger partial charge < -0.3 is 9.62 Å². The lowest BCUT2D eigenvalue weighted by Crippen LogP contribution is -2.25. The second kappa shape index (κ2) is 7.94. The van der Waals surface area contributed by atoms with Gasteiger partial charge in [-0.1, -0.05) is 12.1 Å². The first-order chi connectivity index (χ1) is 13.3. The molecule has 14 heteroatoms. The number of oxime groups is 1. The fourth-order valence-corrected chi connectivity index (χ4v) is 3.86. The van der Waals surface area contributed by atoms with E-state index in [4.69, 9.17) is 9.62 Å². The van der Waals surface area contributed by atoms with Crippen molar-refractivity contribution in [1.29, 1.82) is 0 Å². The van der Waals surface area contributed by atoms with Crippen molar-refractivity contribution in [3.05, 3.63) is 34.7 Å². The van der Waals surface area contributed by atoms with Crippen LogP contribution < -0.4 is 0 Å². The standard InChI is InChI=1S/C15H14F3N3O6S2/c1-3-28(23,24)12-5-4-6-19-13(12)14-21-11(9(2)27-14)7-10(8-20-22)29(25,26)15(16,17)18/h4-8,22H,3H2,1-2H3/b10-7+,20-8+. The second-order valence-electron chi connectivity index (χ2n) is 5.45. The van der Waals surface area contributed by atoms with Crippen molar-refractivity contribution in [2.24, 2.45) is 5.16 Å². The SMILES string of the molecule is CCS(=O)(=O)c1cccnc1-c1nc(/C=C(\C=N\O)S(=O)(=O)C(F)(F)F)c(C)o1. The molecule has 0 atom stereocenters. The Labute approximate surface area is 163 Å². The number of aryl methyl sites for hydroxylation is 1. The van der Waals surface area contributed by atoms with Gasteiger partial charge in [0.15, 0.2) is 9.84 Å². The summed E-state index contributed by atoms with van der Waals surface area (Å²) in [5, 5.41) is 10.9. The topological polar surface area (TPSA) is 140 Å². The number of halogens is 3. The van der Waals surface area contributed by atoms with Crippen LogP contribution in [-0.4, -0.2) is 49.5 Å². The van der Waals surface area contributed by atoms with E-state index >= 15 is 0 Å². The van der Waals surface area contributed by atoms with Gasteiger partial charge in [0, 0.05) is 6.20 Å². The molecule has 2 heterocycles. The molecule has 0 aliphatic rings. The van der Waals surface area contributed by atoms with Gasteiger partial charge >= 0.3 is 5.51 Å². The molecule has 9 nitrogen and oxygen atoms in total. The van der Waals surface area contributed by atoms with E-state index in [2.05, 4.69) is 15.1 Å². The monoisotopic (exact) mass is 453 g/mol. The summed E-state index contributed by atoms with van der Waals surface area (Å²) in [7, 11) is -9.58. The molecule has 0 saturated carbocycles. The highest BCUT2D eigenvalue weighted by Gasteiger charge is 2.48. The van der Waals surface area contributed by atoms with Gasteiger partial charge in [-0.2, -0.15) is 13.2 Å². The lowest BCUT2D eigenvalue weighted by molar-refractivity contribution is -0.0424. The molecule has 0 aliphatic carbocycles. The number of allylic oxidation sites excluding steroid dienone is 1. The summed E-state index contributed by atoms with van der Waals surface area (Å²) in [6, 6.07) is 2.63. The zero-order valence-corrected chi connectivity index (χ0v) is 16.5. The highest BCUT2D eigenvalue weighted by molar-refractivity contribution is 7.97. The van der Waals surface area contributed by atoms with Gasteiger partial charge in [-0.25, -0.2) is 26.8 Å². The molecule has 0 unspecified atom stereocenters. The van der Waals surface area contributed by atoms with Crippen LogP contribution >= 0.6 is 0 Å². The molecule has 0 spiro atoms. The largest absolute Gasteiger partial charge is 0.501 e. The van der Waals surface area contributed by atoms with Crippen LogP contribution in [0.15, 0.2) is 37.7 Å². The summed E-state index contributed by atoms with van der Waals surface area (Å²) in [6.45, 7) is 2.68. The molecule has 0 radical (unpaired) electrons. The Morgan fingerprint density at radius 2 is 1.97 bits per heavy atom. The number of sulfone groups is 2. The maximum atomic E-state index is 12.8. The number of nitrogens with zero attached hydrogens (tertiary/aromatic N) is 3. The smallest absolute Gasteiger partial charge is 0.440 e. The van der Waals surface area contributed by atoms with Gasteiger partial charge in [-0.15, -0.1) is 0 Å². The van der Waals surface area contributed by atoms with E-state index in [1.54, 1.807) is 0 Å². The number of hydrogen-bond acceptors (Lipinski definition) is 9. The summed E-state index contributed by atoms with van der Waals surface area (Å²) in [5.74, 6) is -0.711. The van der Waals surface area contributed by atoms with Crippen LogP contribution in [0, 0.1) is 6.92 Å². The Kier molecular flexibility index (Phi) is 6.18. The maximum Gasteiger partial charge on any atom is 0.501 e. The van der Waals surface area contributed by atoms with Crippen LogP contribution in [0.25, 0.3) is 17.7 Å². The molecule has 2 aromatic rings.